The zero-order valence-corrected chi connectivity index (χ0v) is 18.6. The Morgan fingerprint density at radius 2 is 1.80 bits per heavy atom. The zero-order valence-electron chi connectivity index (χ0n) is 17.8. The highest BCUT2D eigenvalue weighted by molar-refractivity contribution is 7.98. The van der Waals surface area contributed by atoms with Crippen LogP contribution in [-0.4, -0.2) is 25.9 Å². The van der Waals surface area contributed by atoms with Gasteiger partial charge in [-0.2, -0.15) is 0 Å². The lowest BCUT2D eigenvalue weighted by molar-refractivity contribution is 0.0601. The van der Waals surface area contributed by atoms with Gasteiger partial charge in [0.1, 0.15) is 11.3 Å². The van der Waals surface area contributed by atoms with Gasteiger partial charge in [-0.15, -0.1) is 11.8 Å². The molecule has 0 amide bonds. The van der Waals surface area contributed by atoms with Crippen LogP contribution in [0.1, 0.15) is 55.8 Å². The van der Waals surface area contributed by atoms with Crippen LogP contribution in [0.4, 0.5) is 0 Å². The highest BCUT2D eigenvalue weighted by Gasteiger charge is 2.15. The van der Waals surface area contributed by atoms with Gasteiger partial charge in [0.05, 0.1) is 34.9 Å². The molecule has 0 aliphatic carbocycles. The Labute approximate surface area is 180 Å². The van der Waals surface area contributed by atoms with Crippen molar-refractivity contribution >= 4 is 39.7 Å². The number of unbranched alkanes of at least 4 members (excludes halogenated alkanes) is 5. The van der Waals surface area contributed by atoms with Crippen LogP contribution < -0.4 is 10.2 Å². The van der Waals surface area contributed by atoms with E-state index in [1.807, 2.05) is 12.3 Å². The first-order valence-corrected chi connectivity index (χ1v) is 11.6. The second kappa shape index (κ2) is 10.5. The average molecular weight is 429 g/mol. The van der Waals surface area contributed by atoms with Gasteiger partial charge < -0.3 is 13.9 Å². The number of rotatable bonds is 10. The number of hydrogen-bond acceptors (Lipinski definition) is 6. The van der Waals surface area contributed by atoms with E-state index in [-0.39, 0.29) is 5.43 Å². The van der Waals surface area contributed by atoms with Gasteiger partial charge in [-0.25, -0.2) is 4.79 Å². The molecule has 30 heavy (non-hydrogen) atoms. The number of fused-ring (bicyclic) bond motifs is 2. The van der Waals surface area contributed by atoms with E-state index in [4.69, 9.17) is 13.9 Å². The summed E-state index contributed by atoms with van der Waals surface area (Å²) in [5.74, 6) is 0.174. The van der Waals surface area contributed by atoms with Crippen molar-refractivity contribution in [1.82, 2.24) is 0 Å². The van der Waals surface area contributed by atoms with Crippen LogP contribution in [0.15, 0.2) is 44.4 Å². The Balaban J connectivity index is 1.89. The lowest BCUT2D eigenvalue weighted by Gasteiger charge is -2.11. The van der Waals surface area contributed by atoms with Crippen LogP contribution in [-0.2, 0) is 4.74 Å². The first kappa shape index (κ1) is 22.2. The monoisotopic (exact) mass is 428 g/mol. The summed E-state index contributed by atoms with van der Waals surface area (Å²) in [6.45, 7) is 2.83. The molecule has 2 aromatic carbocycles. The molecule has 1 heterocycles. The maximum absolute atomic E-state index is 13.2. The summed E-state index contributed by atoms with van der Waals surface area (Å²) in [6.07, 6.45) is 9.09. The van der Waals surface area contributed by atoms with Crippen LogP contribution in [0.25, 0.3) is 21.9 Å². The Bertz CT molecular complexity index is 1090. The Hall–Kier alpha value is -2.47. The smallest absolute Gasteiger partial charge is 0.337 e. The maximum Gasteiger partial charge on any atom is 0.337 e. The second-order valence-electron chi connectivity index (χ2n) is 7.25. The molecule has 0 atom stereocenters. The maximum atomic E-state index is 13.2. The molecule has 0 fully saturated rings. The molecule has 0 bridgehead atoms. The Kier molecular flexibility index (Phi) is 7.80. The third-order valence-electron chi connectivity index (χ3n) is 5.12. The number of thioether (sulfide) groups is 1. The van der Waals surface area contributed by atoms with Crippen molar-refractivity contribution < 1.29 is 18.7 Å². The number of esters is 1. The topological polar surface area (TPSA) is 65.7 Å². The van der Waals surface area contributed by atoms with Gasteiger partial charge in [0.2, 0.25) is 5.43 Å². The predicted octanol–water partition coefficient (Wildman–Crippen LogP) is 6.19. The third kappa shape index (κ3) is 4.98. The molecule has 160 valence electrons. The van der Waals surface area contributed by atoms with Crippen molar-refractivity contribution in [1.29, 1.82) is 0 Å². The minimum absolute atomic E-state index is 0.183. The second-order valence-corrected chi connectivity index (χ2v) is 8.10. The molecular weight excluding hydrogens is 400 g/mol. The molecule has 0 N–H and O–H groups in total. The summed E-state index contributed by atoms with van der Waals surface area (Å²) < 4.78 is 16.7. The summed E-state index contributed by atoms with van der Waals surface area (Å²) in [6, 6.07) is 8.41. The van der Waals surface area contributed by atoms with Crippen LogP contribution in [0.2, 0.25) is 0 Å². The molecule has 0 aliphatic heterocycles. The molecule has 0 radical (unpaired) electrons. The van der Waals surface area contributed by atoms with E-state index in [2.05, 4.69) is 6.92 Å². The quantitative estimate of drug-likeness (QED) is 0.166. The molecule has 5 nitrogen and oxygen atoms in total. The Morgan fingerprint density at radius 1 is 1.03 bits per heavy atom. The van der Waals surface area contributed by atoms with Crippen molar-refractivity contribution in [3.8, 4) is 5.75 Å². The molecule has 1 aromatic heterocycles. The molecule has 0 unspecified atom stereocenters. The minimum Gasteiger partial charge on any atom is -0.494 e. The van der Waals surface area contributed by atoms with Gasteiger partial charge in [0, 0.05) is 0 Å². The van der Waals surface area contributed by atoms with E-state index >= 15 is 0 Å². The molecule has 0 aliphatic rings. The number of carbonyl (C=O) groups is 1. The van der Waals surface area contributed by atoms with E-state index in [0.29, 0.717) is 39.9 Å². The first-order chi connectivity index (χ1) is 14.6. The van der Waals surface area contributed by atoms with E-state index in [0.717, 1.165) is 17.7 Å². The van der Waals surface area contributed by atoms with Crippen LogP contribution in [0, 0.1) is 0 Å². The molecular formula is C24H28O5S. The van der Waals surface area contributed by atoms with Gasteiger partial charge in [-0.3, -0.25) is 4.79 Å². The SMILES string of the molecule is CCCCCCCCOc1cc(SC)c2oc3ccc(C(=O)OC)cc3c(=O)c2c1. The van der Waals surface area contributed by atoms with Gasteiger partial charge >= 0.3 is 5.97 Å². The fraction of sp³-hybridized carbons (Fsp3) is 0.417. The largest absolute Gasteiger partial charge is 0.494 e. The average Bonchev–Trinajstić information content (AvgIpc) is 2.77. The fourth-order valence-electron chi connectivity index (χ4n) is 3.45. The van der Waals surface area contributed by atoms with Crippen LogP contribution >= 0.6 is 11.8 Å². The van der Waals surface area contributed by atoms with Crippen molar-refractivity contribution in [2.45, 2.75) is 50.3 Å². The number of ether oxygens (including phenoxy) is 2. The van der Waals surface area contributed by atoms with Gasteiger partial charge in [0.15, 0.2) is 5.58 Å². The molecule has 3 aromatic rings. The predicted molar refractivity (Wildman–Crippen MR) is 122 cm³/mol. The highest BCUT2D eigenvalue weighted by atomic mass is 32.2. The normalized spacial score (nSPS) is 11.2. The summed E-state index contributed by atoms with van der Waals surface area (Å²) >= 11 is 1.51. The van der Waals surface area contributed by atoms with Crippen molar-refractivity contribution in [3.63, 3.8) is 0 Å². The lowest BCUT2D eigenvalue weighted by Crippen LogP contribution is -2.07. The summed E-state index contributed by atoms with van der Waals surface area (Å²) in [7, 11) is 1.31. The van der Waals surface area contributed by atoms with Gasteiger partial charge in [-0.05, 0) is 43.0 Å². The van der Waals surface area contributed by atoms with E-state index in [9.17, 15) is 9.59 Å². The van der Waals surface area contributed by atoms with E-state index < -0.39 is 5.97 Å². The number of benzene rings is 2. The third-order valence-corrected chi connectivity index (χ3v) is 5.86. The standard InChI is InChI=1S/C24H28O5S/c1-4-5-6-7-8-9-12-28-17-14-19-22(25)18-13-16(24(26)27-2)10-11-20(18)29-23(19)21(15-17)30-3/h10-11,13-15H,4-9,12H2,1-3H3. The van der Waals surface area contributed by atoms with Crippen LogP contribution in [0.3, 0.4) is 0 Å². The number of hydrogen-bond donors (Lipinski definition) is 0. The van der Waals surface area contributed by atoms with Crippen molar-refractivity contribution in [2.75, 3.05) is 20.0 Å². The first-order valence-electron chi connectivity index (χ1n) is 10.4. The molecule has 0 spiro atoms. The molecule has 0 saturated carbocycles. The van der Waals surface area contributed by atoms with E-state index in [1.54, 1.807) is 18.2 Å². The summed E-state index contributed by atoms with van der Waals surface area (Å²) in [5, 5.41) is 0.805. The van der Waals surface area contributed by atoms with Crippen LogP contribution in [0.5, 0.6) is 5.75 Å². The summed E-state index contributed by atoms with van der Waals surface area (Å²) in [5.41, 5.74) is 1.11. The van der Waals surface area contributed by atoms with E-state index in [1.165, 1.54) is 50.6 Å². The van der Waals surface area contributed by atoms with Crippen molar-refractivity contribution in [2.24, 2.45) is 0 Å². The van der Waals surface area contributed by atoms with Gasteiger partial charge in [0.25, 0.3) is 0 Å². The molecule has 6 heteroatoms. The zero-order chi connectivity index (χ0) is 21.5. The number of carbonyl (C=O) groups excluding carboxylic acids is 1. The van der Waals surface area contributed by atoms with Crippen molar-refractivity contribution in [3.05, 3.63) is 46.1 Å². The van der Waals surface area contributed by atoms with Gasteiger partial charge in [-0.1, -0.05) is 39.0 Å². The number of methoxy groups -OCH3 is 1. The highest BCUT2D eigenvalue weighted by Crippen LogP contribution is 2.32. The fourth-order valence-corrected chi connectivity index (χ4v) is 4.03. The Morgan fingerprint density at radius 3 is 2.53 bits per heavy atom. The lowest BCUT2D eigenvalue weighted by atomic mass is 10.1. The minimum atomic E-state index is -0.489. The molecule has 3 rings (SSSR count). The summed E-state index contributed by atoms with van der Waals surface area (Å²) in [4.78, 5) is 25.9. The molecule has 0 saturated heterocycles.